The van der Waals surface area contributed by atoms with Gasteiger partial charge in [-0.05, 0) is 43.2 Å². The average molecular weight is 422 g/mol. The number of nitrogens with zero attached hydrogens (tertiary/aromatic N) is 2. The van der Waals surface area contributed by atoms with Gasteiger partial charge in [-0.3, -0.25) is 4.79 Å². The van der Waals surface area contributed by atoms with Gasteiger partial charge in [0.1, 0.15) is 4.21 Å². The first-order valence-electron chi connectivity index (χ1n) is 8.74. The number of piperidine rings is 1. The molecule has 4 rings (SSSR count). The third kappa shape index (κ3) is 3.91. The monoisotopic (exact) mass is 421 g/mol. The lowest BCUT2D eigenvalue weighted by molar-refractivity contribution is 0.0951. The lowest BCUT2D eigenvalue weighted by atomic mass is 10.2. The summed E-state index contributed by atoms with van der Waals surface area (Å²) in [6.45, 7) is 1.48. The molecule has 6 nitrogen and oxygen atoms in total. The molecule has 1 fully saturated rings. The Kier molecular flexibility index (Phi) is 5.27. The van der Waals surface area contributed by atoms with Gasteiger partial charge >= 0.3 is 0 Å². The van der Waals surface area contributed by atoms with Crippen LogP contribution >= 0.6 is 22.7 Å². The Morgan fingerprint density at radius 2 is 1.96 bits per heavy atom. The minimum absolute atomic E-state index is 0.181. The van der Waals surface area contributed by atoms with E-state index in [4.69, 9.17) is 0 Å². The topological polar surface area (TPSA) is 79.4 Å². The van der Waals surface area contributed by atoms with Crippen LogP contribution in [0.15, 0.2) is 40.1 Å². The van der Waals surface area contributed by atoms with E-state index in [1.807, 2.05) is 12.1 Å². The normalized spacial score (nSPS) is 15.9. The lowest BCUT2D eigenvalue weighted by Crippen LogP contribution is -2.35. The average Bonchev–Trinajstić information content (AvgIpc) is 3.35. The van der Waals surface area contributed by atoms with Crippen molar-refractivity contribution in [2.45, 2.75) is 30.0 Å². The number of rotatable bonds is 5. The van der Waals surface area contributed by atoms with E-state index >= 15 is 0 Å². The molecule has 0 bridgehead atoms. The molecule has 2 aromatic heterocycles. The molecule has 0 saturated carbocycles. The summed E-state index contributed by atoms with van der Waals surface area (Å²) >= 11 is 2.71. The van der Waals surface area contributed by atoms with Crippen LogP contribution in [0, 0.1) is 0 Å². The number of carbonyl (C=O) groups is 1. The van der Waals surface area contributed by atoms with Gasteiger partial charge in [0.15, 0.2) is 0 Å². The number of benzene rings is 1. The van der Waals surface area contributed by atoms with Crippen molar-refractivity contribution in [3.63, 3.8) is 0 Å². The Morgan fingerprint density at radius 1 is 1.15 bits per heavy atom. The summed E-state index contributed by atoms with van der Waals surface area (Å²) < 4.78 is 28.3. The predicted molar refractivity (Wildman–Crippen MR) is 108 cm³/mol. The minimum Gasteiger partial charge on any atom is -0.347 e. The van der Waals surface area contributed by atoms with Crippen LogP contribution in [0.1, 0.15) is 34.5 Å². The zero-order chi connectivity index (χ0) is 18.9. The highest BCUT2D eigenvalue weighted by Gasteiger charge is 2.27. The van der Waals surface area contributed by atoms with Crippen LogP contribution in [-0.2, 0) is 16.6 Å². The highest BCUT2D eigenvalue weighted by atomic mass is 32.2. The van der Waals surface area contributed by atoms with Crippen LogP contribution in [0.4, 0.5) is 0 Å². The maximum absolute atomic E-state index is 12.7. The first kappa shape index (κ1) is 18.5. The molecule has 0 unspecified atom stereocenters. The SMILES string of the molecule is O=C(NCc1ccc(S(=O)(=O)N2CCCCC2)s1)c1ccc2ncsc2c1. The smallest absolute Gasteiger partial charge is 0.252 e. The van der Waals surface area contributed by atoms with E-state index in [9.17, 15) is 13.2 Å². The first-order valence-corrected chi connectivity index (χ1v) is 11.9. The van der Waals surface area contributed by atoms with Crippen molar-refractivity contribution in [2.24, 2.45) is 0 Å². The van der Waals surface area contributed by atoms with Crippen LogP contribution in [-0.4, -0.2) is 36.7 Å². The van der Waals surface area contributed by atoms with E-state index < -0.39 is 10.0 Å². The molecule has 27 heavy (non-hydrogen) atoms. The van der Waals surface area contributed by atoms with Crippen LogP contribution in [0.25, 0.3) is 10.2 Å². The maximum atomic E-state index is 12.7. The highest BCUT2D eigenvalue weighted by molar-refractivity contribution is 7.91. The molecule has 9 heteroatoms. The van der Waals surface area contributed by atoms with E-state index in [-0.39, 0.29) is 5.91 Å². The molecule has 0 aliphatic carbocycles. The Balaban J connectivity index is 1.42. The maximum Gasteiger partial charge on any atom is 0.252 e. The third-order valence-corrected chi connectivity index (χ3v) is 8.81. The Bertz CT molecular complexity index is 1070. The third-order valence-electron chi connectivity index (χ3n) is 4.56. The van der Waals surface area contributed by atoms with Crippen LogP contribution < -0.4 is 5.32 Å². The molecule has 3 aromatic rings. The summed E-state index contributed by atoms with van der Waals surface area (Å²) in [5.74, 6) is -0.181. The van der Waals surface area contributed by atoms with Crippen molar-refractivity contribution in [3.05, 3.63) is 46.3 Å². The van der Waals surface area contributed by atoms with Gasteiger partial charge in [0.25, 0.3) is 15.9 Å². The molecule has 1 aromatic carbocycles. The van der Waals surface area contributed by atoms with Crippen molar-refractivity contribution in [2.75, 3.05) is 13.1 Å². The van der Waals surface area contributed by atoms with Gasteiger partial charge in [0.05, 0.1) is 22.3 Å². The molecule has 1 saturated heterocycles. The van der Waals surface area contributed by atoms with E-state index in [1.54, 1.807) is 28.0 Å². The summed E-state index contributed by atoms with van der Waals surface area (Å²) in [5, 5.41) is 2.86. The predicted octanol–water partition coefficient (Wildman–Crippen LogP) is 3.46. The zero-order valence-electron chi connectivity index (χ0n) is 14.6. The molecule has 3 heterocycles. The number of hydrogen-bond acceptors (Lipinski definition) is 6. The number of sulfonamides is 1. The zero-order valence-corrected chi connectivity index (χ0v) is 17.0. The van der Waals surface area contributed by atoms with Gasteiger partial charge < -0.3 is 5.32 Å². The van der Waals surface area contributed by atoms with Gasteiger partial charge in [-0.1, -0.05) is 6.42 Å². The molecule has 0 spiro atoms. The van der Waals surface area contributed by atoms with Crippen LogP contribution in [0.5, 0.6) is 0 Å². The van der Waals surface area contributed by atoms with E-state index in [0.717, 1.165) is 34.4 Å². The molecule has 1 aliphatic heterocycles. The number of carbonyl (C=O) groups excluding carboxylic acids is 1. The van der Waals surface area contributed by atoms with Crippen molar-refractivity contribution < 1.29 is 13.2 Å². The Hall–Kier alpha value is -1.81. The first-order chi connectivity index (χ1) is 13.0. The molecule has 142 valence electrons. The van der Waals surface area contributed by atoms with Crippen LogP contribution in [0.3, 0.4) is 0 Å². The second-order valence-electron chi connectivity index (χ2n) is 6.40. The summed E-state index contributed by atoms with van der Waals surface area (Å²) in [4.78, 5) is 17.4. The quantitative estimate of drug-likeness (QED) is 0.684. The second kappa shape index (κ2) is 7.67. The Labute approximate surface area is 165 Å². The standard InChI is InChI=1S/C18H19N3O3S3/c22-18(13-4-6-15-16(10-13)25-12-20-15)19-11-14-5-7-17(26-14)27(23,24)21-8-2-1-3-9-21/h4-7,10,12H,1-3,8-9,11H2,(H,19,22). The summed E-state index contributed by atoms with van der Waals surface area (Å²) in [7, 11) is -3.42. The molecule has 0 radical (unpaired) electrons. The Morgan fingerprint density at radius 3 is 2.78 bits per heavy atom. The highest BCUT2D eigenvalue weighted by Crippen LogP contribution is 2.27. The second-order valence-corrected chi connectivity index (χ2v) is 10.6. The fourth-order valence-electron chi connectivity index (χ4n) is 3.09. The van der Waals surface area contributed by atoms with Crippen molar-refractivity contribution in [1.82, 2.24) is 14.6 Å². The van der Waals surface area contributed by atoms with Crippen molar-refractivity contribution >= 4 is 48.8 Å². The molecule has 1 N–H and O–H groups in total. The number of thiophene rings is 1. The van der Waals surface area contributed by atoms with Gasteiger partial charge in [0, 0.05) is 23.5 Å². The van der Waals surface area contributed by atoms with Gasteiger partial charge in [-0.2, -0.15) is 4.31 Å². The van der Waals surface area contributed by atoms with E-state index in [0.29, 0.717) is 29.4 Å². The summed E-state index contributed by atoms with van der Waals surface area (Å²) in [6, 6.07) is 8.81. The largest absolute Gasteiger partial charge is 0.347 e. The summed E-state index contributed by atoms with van der Waals surface area (Å²) in [6.07, 6.45) is 2.91. The number of aromatic nitrogens is 1. The van der Waals surface area contributed by atoms with Gasteiger partial charge in [-0.15, -0.1) is 22.7 Å². The van der Waals surface area contributed by atoms with E-state index in [2.05, 4.69) is 10.3 Å². The molecule has 1 amide bonds. The number of hydrogen-bond donors (Lipinski definition) is 1. The minimum atomic E-state index is -3.42. The fourth-order valence-corrected chi connectivity index (χ4v) is 6.77. The molecule has 1 aliphatic rings. The van der Waals surface area contributed by atoms with Crippen molar-refractivity contribution in [3.8, 4) is 0 Å². The van der Waals surface area contributed by atoms with E-state index in [1.165, 1.54) is 22.7 Å². The number of amides is 1. The lowest BCUT2D eigenvalue weighted by Gasteiger charge is -2.25. The molecule has 0 atom stereocenters. The molecular weight excluding hydrogens is 402 g/mol. The number of thiazole rings is 1. The molecular formula is C18H19N3O3S3. The van der Waals surface area contributed by atoms with Gasteiger partial charge in [-0.25, -0.2) is 13.4 Å². The summed E-state index contributed by atoms with van der Waals surface area (Å²) in [5.41, 5.74) is 3.20. The van der Waals surface area contributed by atoms with Crippen LogP contribution in [0.2, 0.25) is 0 Å². The fraction of sp³-hybridized carbons (Fsp3) is 0.333. The van der Waals surface area contributed by atoms with Crippen molar-refractivity contribution in [1.29, 1.82) is 0 Å². The number of fused-ring (bicyclic) bond motifs is 1. The van der Waals surface area contributed by atoms with Gasteiger partial charge in [0.2, 0.25) is 0 Å². The number of nitrogens with one attached hydrogen (secondary N) is 1.